The lowest BCUT2D eigenvalue weighted by Gasteiger charge is -2.06. The molecule has 0 saturated heterocycles. The Hall–Kier alpha value is -2.44. The summed E-state index contributed by atoms with van der Waals surface area (Å²) in [6, 6.07) is 14.7. The van der Waals surface area contributed by atoms with Gasteiger partial charge < -0.3 is 10.1 Å². The number of nitrogens with zero attached hydrogens (tertiary/aromatic N) is 1. The molecule has 0 saturated carbocycles. The number of carbonyl (C=O) groups is 1. The van der Waals surface area contributed by atoms with Gasteiger partial charge >= 0.3 is 0 Å². The van der Waals surface area contributed by atoms with E-state index in [0.717, 1.165) is 21.9 Å². The van der Waals surface area contributed by atoms with Crippen LogP contribution in [0.1, 0.15) is 10.4 Å². The Morgan fingerprint density at radius 2 is 2.04 bits per heavy atom. The molecule has 3 rings (SSSR count). The maximum Gasteiger partial charge on any atom is 0.258 e. The Morgan fingerprint density at radius 1 is 1.24 bits per heavy atom. The van der Waals surface area contributed by atoms with E-state index in [1.54, 1.807) is 37.1 Å². The van der Waals surface area contributed by atoms with Crippen molar-refractivity contribution >= 4 is 35.1 Å². The molecule has 0 bridgehead atoms. The Morgan fingerprint density at radius 3 is 2.80 bits per heavy atom. The van der Waals surface area contributed by atoms with Gasteiger partial charge in [-0.05, 0) is 36.6 Å². The van der Waals surface area contributed by atoms with Gasteiger partial charge in [-0.15, -0.1) is 11.8 Å². The summed E-state index contributed by atoms with van der Waals surface area (Å²) in [5, 5.41) is 10.2. The molecular formula is C18H16ClN3O2S. The van der Waals surface area contributed by atoms with Crippen LogP contribution >= 0.6 is 23.4 Å². The van der Waals surface area contributed by atoms with E-state index in [9.17, 15) is 4.79 Å². The van der Waals surface area contributed by atoms with Crippen LogP contribution in [-0.4, -0.2) is 29.5 Å². The van der Waals surface area contributed by atoms with E-state index in [4.69, 9.17) is 16.3 Å². The first-order valence-electron chi connectivity index (χ1n) is 7.46. The van der Waals surface area contributed by atoms with E-state index in [-0.39, 0.29) is 5.91 Å². The number of carbonyl (C=O) groups excluding carboxylic acids is 1. The molecule has 7 heteroatoms. The average Bonchev–Trinajstić information content (AvgIpc) is 3.10. The number of thioether (sulfide) groups is 1. The van der Waals surface area contributed by atoms with E-state index < -0.39 is 0 Å². The number of anilines is 1. The summed E-state index contributed by atoms with van der Waals surface area (Å²) in [7, 11) is 1.61. The molecule has 25 heavy (non-hydrogen) atoms. The Labute approximate surface area is 154 Å². The minimum absolute atomic E-state index is 0.307. The highest BCUT2D eigenvalue weighted by atomic mass is 35.5. The van der Waals surface area contributed by atoms with Crippen molar-refractivity contribution in [3.63, 3.8) is 0 Å². The summed E-state index contributed by atoms with van der Waals surface area (Å²) < 4.78 is 5.35. The van der Waals surface area contributed by atoms with Crippen molar-refractivity contribution in [2.75, 3.05) is 18.7 Å². The van der Waals surface area contributed by atoms with Crippen molar-refractivity contribution in [3.8, 4) is 17.0 Å². The fourth-order valence-corrected chi connectivity index (χ4v) is 3.02. The van der Waals surface area contributed by atoms with Crippen LogP contribution in [0.4, 0.5) is 5.82 Å². The quantitative estimate of drug-likeness (QED) is 0.635. The average molecular weight is 374 g/mol. The Kier molecular flexibility index (Phi) is 5.31. The number of H-pyrrole nitrogens is 1. The number of methoxy groups -OCH3 is 1. The maximum atomic E-state index is 12.5. The molecule has 0 aliphatic rings. The van der Waals surface area contributed by atoms with Gasteiger partial charge in [-0.3, -0.25) is 9.89 Å². The van der Waals surface area contributed by atoms with Gasteiger partial charge in [0.1, 0.15) is 5.75 Å². The summed E-state index contributed by atoms with van der Waals surface area (Å²) in [5.41, 5.74) is 2.02. The normalized spacial score (nSPS) is 10.5. The minimum Gasteiger partial charge on any atom is -0.496 e. The monoisotopic (exact) mass is 373 g/mol. The summed E-state index contributed by atoms with van der Waals surface area (Å²) in [6.45, 7) is 0. The fourth-order valence-electron chi connectivity index (χ4n) is 2.38. The smallest absolute Gasteiger partial charge is 0.258 e. The van der Waals surface area contributed by atoms with E-state index >= 15 is 0 Å². The molecule has 0 radical (unpaired) electrons. The third-order valence-electron chi connectivity index (χ3n) is 3.63. The first-order valence-corrected chi connectivity index (χ1v) is 9.06. The number of benzene rings is 2. The van der Waals surface area contributed by atoms with Crippen LogP contribution < -0.4 is 10.1 Å². The van der Waals surface area contributed by atoms with Crippen molar-refractivity contribution in [1.29, 1.82) is 0 Å². The molecule has 0 spiro atoms. The summed E-state index contributed by atoms with van der Waals surface area (Å²) >= 11 is 7.69. The minimum atomic E-state index is -0.307. The van der Waals surface area contributed by atoms with E-state index in [2.05, 4.69) is 15.5 Å². The van der Waals surface area contributed by atoms with Crippen molar-refractivity contribution in [3.05, 3.63) is 59.1 Å². The van der Waals surface area contributed by atoms with Crippen LogP contribution in [0.3, 0.4) is 0 Å². The molecule has 0 atom stereocenters. The second-order valence-corrected chi connectivity index (χ2v) is 6.45. The first kappa shape index (κ1) is 17.4. The number of halogens is 1. The Bertz CT molecular complexity index is 911. The van der Waals surface area contributed by atoms with Crippen LogP contribution in [0.5, 0.6) is 5.75 Å². The fraction of sp³-hybridized carbons (Fsp3) is 0.111. The summed E-state index contributed by atoms with van der Waals surface area (Å²) in [6.07, 6.45) is 1.94. The maximum absolute atomic E-state index is 12.5. The molecule has 0 aliphatic carbocycles. The molecule has 1 amide bonds. The zero-order valence-corrected chi connectivity index (χ0v) is 15.2. The second kappa shape index (κ2) is 7.63. The zero-order valence-electron chi connectivity index (χ0n) is 13.7. The molecule has 1 heterocycles. The number of hydrogen-bond donors (Lipinski definition) is 2. The number of rotatable bonds is 5. The predicted molar refractivity (Wildman–Crippen MR) is 102 cm³/mol. The SMILES string of the molecule is COc1ccccc1-c1cc(NC(=O)c2cc(SC)ccc2Cl)n[nH]1. The molecule has 128 valence electrons. The zero-order chi connectivity index (χ0) is 17.8. The molecule has 0 fully saturated rings. The van der Waals surface area contributed by atoms with E-state index in [1.165, 1.54) is 0 Å². The van der Waals surface area contributed by atoms with Crippen LogP contribution in [-0.2, 0) is 0 Å². The molecule has 0 unspecified atom stereocenters. The van der Waals surface area contributed by atoms with Crippen molar-refractivity contribution < 1.29 is 9.53 Å². The van der Waals surface area contributed by atoms with Crippen LogP contribution in [0.2, 0.25) is 5.02 Å². The summed E-state index contributed by atoms with van der Waals surface area (Å²) in [4.78, 5) is 13.5. The topological polar surface area (TPSA) is 67.0 Å². The number of hydrogen-bond acceptors (Lipinski definition) is 4. The van der Waals surface area contributed by atoms with Gasteiger partial charge in [0.15, 0.2) is 5.82 Å². The van der Waals surface area contributed by atoms with Gasteiger partial charge in [-0.25, -0.2) is 0 Å². The predicted octanol–water partition coefficient (Wildman–Crippen LogP) is 4.71. The standard InChI is InChI=1S/C18H16ClN3O2S/c1-24-16-6-4-3-5-12(16)15-10-17(22-21-15)20-18(23)13-9-11(25-2)7-8-14(13)19/h3-10H,1-2H3,(H2,20,21,22,23). The molecule has 1 aromatic heterocycles. The van der Waals surface area contributed by atoms with Crippen LogP contribution in [0, 0.1) is 0 Å². The van der Waals surface area contributed by atoms with E-state index in [1.807, 2.05) is 36.6 Å². The van der Waals surface area contributed by atoms with Gasteiger partial charge in [0.05, 0.1) is 23.4 Å². The second-order valence-electron chi connectivity index (χ2n) is 5.17. The molecule has 3 aromatic rings. The third-order valence-corrected chi connectivity index (χ3v) is 4.69. The lowest BCUT2D eigenvalue weighted by molar-refractivity contribution is 0.102. The number of para-hydroxylation sites is 1. The highest BCUT2D eigenvalue weighted by Crippen LogP contribution is 2.29. The van der Waals surface area contributed by atoms with Gasteiger partial charge in [-0.1, -0.05) is 23.7 Å². The Balaban J connectivity index is 1.83. The molecule has 5 nitrogen and oxygen atoms in total. The van der Waals surface area contributed by atoms with Gasteiger partial charge in [0, 0.05) is 16.5 Å². The van der Waals surface area contributed by atoms with Crippen LogP contribution in [0.15, 0.2) is 53.4 Å². The highest BCUT2D eigenvalue weighted by Gasteiger charge is 2.14. The molecular weight excluding hydrogens is 358 g/mol. The molecule has 2 N–H and O–H groups in total. The molecule has 2 aromatic carbocycles. The largest absolute Gasteiger partial charge is 0.496 e. The lowest BCUT2D eigenvalue weighted by Crippen LogP contribution is -2.12. The number of amides is 1. The van der Waals surface area contributed by atoms with Gasteiger partial charge in [-0.2, -0.15) is 5.10 Å². The van der Waals surface area contributed by atoms with Gasteiger partial charge in [0.25, 0.3) is 5.91 Å². The number of aromatic nitrogens is 2. The number of aromatic amines is 1. The van der Waals surface area contributed by atoms with Crippen molar-refractivity contribution in [1.82, 2.24) is 10.2 Å². The first-order chi connectivity index (χ1) is 12.1. The number of nitrogens with one attached hydrogen (secondary N) is 2. The van der Waals surface area contributed by atoms with Gasteiger partial charge in [0.2, 0.25) is 0 Å². The summed E-state index contributed by atoms with van der Waals surface area (Å²) in [5.74, 6) is 0.829. The number of ether oxygens (including phenoxy) is 1. The van der Waals surface area contributed by atoms with E-state index in [0.29, 0.717) is 16.4 Å². The van der Waals surface area contributed by atoms with Crippen molar-refractivity contribution in [2.45, 2.75) is 4.90 Å². The van der Waals surface area contributed by atoms with Crippen molar-refractivity contribution in [2.24, 2.45) is 0 Å². The lowest BCUT2D eigenvalue weighted by atomic mass is 10.1. The molecule has 0 aliphatic heterocycles. The third kappa shape index (κ3) is 3.81. The van der Waals surface area contributed by atoms with Crippen LogP contribution in [0.25, 0.3) is 11.3 Å². The highest BCUT2D eigenvalue weighted by molar-refractivity contribution is 7.98.